The Hall–Kier alpha value is -1.69. The van der Waals surface area contributed by atoms with E-state index in [0.29, 0.717) is 12.3 Å². The number of aromatic nitrogens is 3. The number of rotatable bonds is 5. The maximum Gasteiger partial charge on any atom is 0.195 e. The quantitative estimate of drug-likeness (QED) is 0.852. The molecule has 1 heterocycles. The third-order valence-electron chi connectivity index (χ3n) is 2.71. The van der Waals surface area contributed by atoms with Crippen molar-refractivity contribution in [2.75, 3.05) is 12.3 Å². The first-order chi connectivity index (χ1) is 9.11. The van der Waals surface area contributed by atoms with Gasteiger partial charge in [-0.05, 0) is 43.3 Å². The first kappa shape index (κ1) is 13.7. The summed E-state index contributed by atoms with van der Waals surface area (Å²) in [6, 6.07) is 5.76. The lowest BCUT2D eigenvalue weighted by Gasteiger charge is -2.09. The van der Waals surface area contributed by atoms with Crippen molar-refractivity contribution < 1.29 is 4.74 Å². The highest BCUT2D eigenvalue weighted by Crippen LogP contribution is 2.32. The molecule has 0 atom stereocenters. The molecule has 5 nitrogen and oxygen atoms in total. The lowest BCUT2D eigenvalue weighted by molar-refractivity contribution is 0.318. The SMILES string of the molecule is CCCOc1cc(Sc2nnc(C)n2C)ccc1N. The van der Waals surface area contributed by atoms with E-state index in [-0.39, 0.29) is 0 Å². The molecule has 2 aromatic rings. The van der Waals surface area contributed by atoms with E-state index in [1.807, 2.05) is 36.7 Å². The van der Waals surface area contributed by atoms with Crippen LogP contribution in [0.25, 0.3) is 0 Å². The van der Waals surface area contributed by atoms with Crippen molar-refractivity contribution >= 4 is 17.4 Å². The number of nitrogens with two attached hydrogens (primary N) is 1. The molecule has 2 N–H and O–H groups in total. The van der Waals surface area contributed by atoms with Crippen molar-refractivity contribution in [3.63, 3.8) is 0 Å². The van der Waals surface area contributed by atoms with Gasteiger partial charge in [0, 0.05) is 11.9 Å². The molecular weight excluding hydrogens is 260 g/mol. The van der Waals surface area contributed by atoms with Gasteiger partial charge in [-0.1, -0.05) is 6.92 Å². The number of nitrogen functional groups attached to an aromatic ring is 1. The Kier molecular flexibility index (Phi) is 4.31. The van der Waals surface area contributed by atoms with Crippen LogP contribution in [0.3, 0.4) is 0 Å². The van der Waals surface area contributed by atoms with E-state index in [2.05, 4.69) is 17.1 Å². The van der Waals surface area contributed by atoms with Crippen molar-refractivity contribution in [2.45, 2.75) is 30.3 Å². The Morgan fingerprint density at radius 3 is 2.79 bits per heavy atom. The molecule has 0 saturated carbocycles. The maximum absolute atomic E-state index is 5.89. The van der Waals surface area contributed by atoms with Crippen molar-refractivity contribution in [3.05, 3.63) is 24.0 Å². The topological polar surface area (TPSA) is 66.0 Å². The molecular formula is C13H18N4OS. The number of hydrogen-bond acceptors (Lipinski definition) is 5. The lowest BCUT2D eigenvalue weighted by Crippen LogP contribution is -1.99. The molecule has 0 amide bonds. The highest BCUT2D eigenvalue weighted by atomic mass is 32.2. The molecule has 0 aliphatic carbocycles. The second-order valence-corrected chi connectivity index (χ2v) is 5.28. The van der Waals surface area contributed by atoms with E-state index in [1.165, 1.54) is 0 Å². The van der Waals surface area contributed by atoms with E-state index in [1.54, 1.807) is 11.8 Å². The van der Waals surface area contributed by atoms with Gasteiger partial charge in [0.05, 0.1) is 12.3 Å². The molecule has 2 rings (SSSR count). The van der Waals surface area contributed by atoms with Gasteiger partial charge in [-0.15, -0.1) is 10.2 Å². The Morgan fingerprint density at radius 2 is 2.16 bits per heavy atom. The van der Waals surface area contributed by atoms with Crippen LogP contribution in [0.15, 0.2) is 28.3 Å². The van der Waals surface area contributed by atoms with Gasteiger partial charge in [0.1, 0.15) is 11.6 Å². The molecule has 0 aliphatic rings. The number of benzene rings is 1. The zero-order chi connectivity index (χ0) is 13.8. The van der Waals surface area contributed by atoms with Crippen LogP contribution in [0.4, 0.5) is 5.69 Å². The van der Waals surface area contributed by atoms with Crippen LogP contribution in [0, 0.1) is 6.92 Å². The van der Waals surface area contributed by atoms with Gasteiger partial charge in [0.25, 0.3) is 0 Å². The van der Waals surface area contributed by atoms with Gasteiger partial charge in [0.15, 0.2) is 5.16 Å². The number of nitrogens with zero attached hydrogens (tertiary/aromatic N) is 3. The third-order valence-corrected chi connectivity index (χ3v) is 3.74. The molecule has 1 aromatic heterocycles. The molecule has 19 heavy (non-hydrogen) atoms. The largest absolute Gasteiger partial charge is 0.491 e. The minimum absolute atomic E-state index is 0.659. The predicted molar refractivity (Wildman–Crippen MR) is 76.5 cm³/mol. The number of aryl methyl sites for hydroxylation is 1. The van der Waals surface area contributed by atoms with Crippen molar-refractivity contribution in [1.82, 2.24) is 14.8 Å². The highest BCUT2D eigenvalue weighted by molar-refractivity contribution is 7.99. The van der Waals surface area contributed by atoms with Crippen LogP contribution in [0.5, 0.6) is 5.75 Å². The monoisotopic (exact) mass is 278 g/mol. The number of ether oxygens (including phenoxy) is 1. The van der Waals surface area contributed by atoms with Crippen LogP contribution in [0.1, 0.15) is 19.2 Å². The van der Waals surface area contributed by atoms with E-state index >= 15 is 0 Å². The average Bonchev–Trinajstić information content (AvgIpc) is 2.71. The molecule has 0 saturated heterocycles. The van der Waals surface area contributed by atoms with E-state index < -0.39 is 0 Å². The summed E-state index contributed by atoms with van der Waals surface area (Å²) in [4.78, 5) is 1.04. The Labute approximate surface area is 117 Å². The Bertz CT molecular complexity index is 568. The standard InChI is InChI=1S/C13H18N4OS/c1-4-7-18-12-8-10(5-6-11(12)14)19-13-16-15-9(2)17(13)3/h5-6,8H,4,7,14H2,1-3H3. The summed E-state index contributed by atoms with van der Waals surface area (Å²) in [7, 11) is 1.95. The minimum atomic E-state index is 0.659. The van der Waals surface area contributed by atoms with Crippen molar-refractivity contribution in [1.29, 1.82) is 0 Å². The smallest absolute Gasteiger partial charge is 0.195 e. The summed E-state index contributed by atoms with van der Waals surface area (Å²) in [5, 5.41) is 9.02. The summed E-state index contributed by atoms with van der Waals surface area (Å²) in [6.45, 7) is 4.66. The van der Waals surface area contributed by atoms with Crippen molar-refractivity contribution in [2.24, 2.45) is 7.05 Å². The van der Waals surface area contributed by atoms with E-state index in [4.69, 9.17) is 10.5 Å². The zero-order valence-corrected chi connectivity index (χ0v) is 12.2. The van der Waals surface area contributed by atoms with Gasteiger partial charge in [0.2, 0.25) is 0 Å². The second-order valence-electron chi connectivity index (χ2n) is 4.24. The van der Waals surface area contributed by atoms with Crippen molar-refractivity contribution in [3.8, 4) is 5.75 Å². The van der Waals surface area contributed by atoms with E-state index in [0.717, 1.165) is 28.0 Å². The first-order valence-electron chi connectivity index (χ1n) is 6.18. The number of hydrogen-bond donors (Lipinski definition) is 1. The molecule has 0 bridgehead atoms. The van der Waals surface area contributed by atoms with Crippen LogP contribution >= 0.6 is 11.8 Å². The zero-order valence-electron chi connectivity index (χ0n) is 11.4. The summed E-state index contributed by atoms with van der Waals surface area (Å²) >= 11 is 1.55. The molecule has 0 spiro atoms. The lowest BCUT2D eigenvalue weighted by atomic mass is 10.3. The van der Waals surface area contributed by atoms with Gasteiger partial charge in [-0.25, -0.2) is 0 Å². The van der Waals surface area contributed by atoms with Gasteiger partial charge >= 0.3 is 0 Å². The predicted octanol–water partition coefficient (Wildman–Crippen LogP) is 2.65. The Balaban J connectivity index is 2.19. The highest BCUT2D eigenvalue weighted by Gasteiger charge is 2.09. The fourth-order valence-corrected chi connectivity index (χ4v) is 2.36. The Morgan fingerprint density at radius 1 is 1.37 bits per heavy atom. The van der Waals surface area contributed by atoms with Crippen LogP contribution < -0.4 is 10.5 Å². The summed E-state index contributed by atoms with van der Waals surface area (Å²) in [5.74, 6) is 1.62. The van der Waals surface area contributed by atoms with Crippen LogP contribution in [-0.2, 0) is 7.05 Å². The summed E-state index contributed by atoms with van der Waals surface area (Å²) < 4.78 is 7.57. The minimum Gasteiger partial charge on any atom is -0.491 e. The fourth-order valence-electron chi connectivity index (χ4n) is 1.50. The van der Waals surface area contributed by atoms with Gasteiger partial charge in [-0.2, -0.15) is 0 Å². The summed E-state index contributed by atoms with van der Waals surface area (Å²) in [6.07, 6.45) is 0.958. The van der Waals surface area contributed by atoms with Gasteiger partial charge < -0.3 is 15.0 Å². The fraction of sp³-hybridized carbons (Fsp3) is 0.385. The normalized spacial score (nSPS) is 10.7. The molecule has 1 aromatic carbocycles. The average molecular weight is 278 g/mol. The molecule has 0 fully saturated rings. The molecule has 0 radical (unpaired) electrons. The number of anilines is 1. The second kappa shape index (κ2) is 5.97. The maximum atomic E-state index is 5.89. The first-order valence-corrected chi connectivity index (χ1v) is 6.99. The summed E-state index contributed by atoms with van der Waals surface area (Å²) in [5.41, 5.74) is 6.55. The van der Waals surface area contributed by atoms with E-state index in [9.17, 15) is 0 Å². The third kappa shape index (κ3) is 3.20. The molecule has 0 aliphatic heterocycles. The molecule has 0 unspecified atom stereocenters. The van der Waals surface area contributed by atoms with Crippen LogP contribution in [-0.4, -0.2) is 21.4 Å². The van der Waals surface area contributed by atoms with Crippen LogP contribution in [0.2, 0.25) is 0 Å². The molecule has 6 heteroatoms. The molecule has 102 valence electrons. The van der Waals surface area contributed by atoms with Gasteiger partial charge in [-0.3, -0.25) is 0 Å².